The van der Waals surface area contributed by atoms with Gasteiger partial charge in [-0.3, -0.25) is 4.79 Å². The van der Waals surface area contributed by atoms with Gasteiger partial charge in [-0.15, -0.1) is 0 Å². The van der Waals surface area contributed by atoms with E-state index in [0.29, 0.717) is 40.8 Å². The van der Waals surface area contributed by atoms with Gasteiger partial charge in [0.1, 0.15) is 0 Å². The second kappa shape index (κ2) is 12.0. The average Bonchev–Trinajstić information content (AvgIpc) is 2.73. The number of nitrogens with zero attached hydrogens (tertiary/aromatic N) is 2. The third kappa shape index (κ3) is 8.70. The number of nitrogens with one attached hydrogen (secondary N) is 1. The van der Waals surface area contributed by atoms with Crippen molar-refractivity contribution < 1.29 is 13.2 Å². The van der Waals surface area contributed by atoms with E-state index >= 15 is 0 Å². The third-order valence-corrected chi connectivity index (χ3v) is 5.56. The molecule has 1 aromatic carbocycles. The molecule has 0 radical (unpaired) electrons. The second-order valence-corrected chi connectivity index (χ2v) is 8.90. The lowest BCUT2D eigenvalue weighted by Gasteiger charge is -2.13. The first-order valence-corrected chi connectivity index (χ1v) is 11.2. The fourth-order valence-electron chi connectivity index (χ4n) is 2.43. The number of carbonyl (C=O) groups excluding carboxylic acids is 1. The standard InChI is InChI=1S/C23H29N3O3S/c1-6-18(3)14-21(7-2)23(27)22(15-19-8-10-20(16-24)11-9-19)17-25-30(28,29)13-12-26(4)5/h6,8-11,14-15,25H,1,3,7,12-13,17H2,2,4-5H3/b21-14+,22-15+. The molecule has 0 amide bonds. The normalized spacial score (nSPS) is 12.5. The maximum absolute atomic E-state index is 13.1. The minimum atomic E-state index is -3.55. The van der Waals surface area contributed by atoms with Crippen LogP contribution in [0.4, 0.5) is 0 Å². The van der Waals surface area contributed by atoms with Crippen molar-refractivity contribution in [3.63, 3.8) is 0 Å². The van der Waals surface area contributed by atoms with Crippen LogP contribution in [0.2, 0.25) is 0 Å². The van der Waals surface area contributed by atoms with Crippen LogP contribution in [0.5, 0.6) is 0 Å². The lowest BCUT2D eigenvalue weighted by atomic mass is 9.97. The molecule has 160 valence electrons. The summed E-state index contributed by atoms with van der Waals surface area (Å²) >= 11 is 0. The molecule has 1 aromatic rings. The van der Waals surface area contributed by atoms with Gasteiger partial charge in [-0.05, 0) is 55.9 Å². The Kier molecular flexibility index (Phi) is 10.1. The van der Waals surface area contributed by atoms with Gasteiger partial charge < -0.3 is 4.90 Å². The molecule has 0 spiro atoms. The van der Waals surface area contributed by atoms with Gasteiger partial charge in [0.05, 0.1) is 17.4 Å². The summed E-state index contributed by atoms with van der Waals surface area (Å²) in [6.07, 6.45) is 5.31. The van der Waals surface area contributed by atoms with Gasteiger partial charge in [-0.1, -0.05) is 38.3 Å². The predicted molar refractivity (Wildman–Crippen MR) is 122 cm³/mol. The van der Waals surface area contributed by atoms with Crippen LogP contribution < -0.4 is 4.72 Å². The Morgan fingerprint density at radius 3 is 2.37 bits per heavy atom. The Bertz CT molecular complexity index is 980. The molecule has 1 rings (SSSR count). The second-order valence-electron chi connectivity index (χ2n) is 6.98. The molecule has 1 N–H and O–H groups in total. The van der Waals surface area contributed by atoms with Gasteiger partial charge in [0.25, 0.3) is 0 Å². The van der Waals surface area contributed by atoms with E-state index in [4.69, 9.17) is 5.26 Å². The lowest BCUT2D eigenvalue weighted by molar-refractivity contribution is -0.112. The largest absolute Gasteiger partial charge is 0.308 e. The van der Waals surface area contributed by atoms with E-state index < -0.39 is 10.0 Å². The molecule has 0 saturated heterocycles. The van der Waals surface area contributed by atoms with Crippen LogP contribution in [0.25, 0.3) is 6.08 Å². The molecule has 0 atom stereocenters. The van der Waals surface area contributed by atoms with E-state index in [1.54, 1.807) is 61.5 Å². The number of ketones is 1. The highest BCUT2D eigenvalue weighted by molar-refractivity contribution is 7.89. The van der Waals surface area contributed by atoms with Gasteiger partial charge in [0.15, 0.2) is 5.78 Å². The molecule has 7 heteroatoms. The molecule has 0 fully saturated rings. The van der Waals surface area contributed by atoms with Gasteiger partial charge in [0, 0.05) is 24.2 Å². The number of hydrogen-bond acceptors (Lipinski definition) is 5. The Labute approximate surface area is 180 Å². The van der Waals surface area contributed by atoms with Crippen LogP contribution in [0.3, 0.4) is 0 Å². The number of carbonyl (C=O) groups is 1. The van der Waals surface area contributed by atoms with Crippen molar-refractivity contribution in [2.75, 3.05) is 32.9 Å². The summed E-state index contributed by atoms with van der Waals surface area (Å²) in [6, 6.07) is 8.76. The zero-order valence-corrected chi connectivity index (χ0v) is 18.6. The summed E-state index contributed by atoms with van der Waals surface area (Å²) in [5.74, 6) is -0.331. The van der Waals surface area contributed by atoms with Crippen molar-refractivity contribution in [3.05, 3.63) is 77.4 Å². The SMILES string of the molecule is C=CC(=C)/C=C(\CC)C(=O)/C(=C/c1ccc(C#N)cc1)CNS(=O)(=O)CCN(C)C. The average molecular weight is 428 g/mol. The maximum Gasteiger partial charge on any atom is 0.213 e. The summed E-state index contributed by atoms with van der Waals surface area (Å²) in [6.45, 7) is 9.55. The van der Waals surface area contributed by atoms with E-state index in [2.05, 4.69) is 17.9 Å². The maximum atomic E-state index is 13.1. The highest BCUT2D eigenvalue weighted by Crippen LogP contribution is 2.16. The number of rotatable bonds is 12. The Morgan fingerprint density at radius 2 is 1.87 bits per heavy atom. The fraction of sp³-hybridized carbons (Fsp3) is 0.304. The number of hydrogen-bond donors (Lipinski definition) is 1. The summed E-state index contributed by atoms with van der Waals surface area (Å²) in [4.78, 5) is 14.9. The van der Waals surface area contributed by atoms with Crippen LogP contribution in [0, 0.1) is 11.3 Å². The molecule has 0 aliphatic heterocycles. The smallest absolute Gasteiger partial charge is 0.213 e. The Hall–Kier alpha value is -2.79. The molecule has 0 aliphatic rings. The molecular formula is C23H29N3O3S. The topological polar surface area (TPSA) is 90.3 Å². The van der Waals surface area contributed by atoms with Crippen LogP contribution in [0.1, 0.15) is 24.5 Å². The van der Waals surface area contributed by atoms with Crippen molar-refractivity contribution >= 4 is 21.9 Å². The summed E-state index contributed by atoms with van der Waals surface area (Å²) in [5.41, 5.74) is 2.61. The van der Waals surface area contributed by atoms with Crippen molar-refractivity contribution in [1.82, 2.24) is 9.62 Å². The minimum Gasteiger partial charge on any atom is -0.308 e. The molecule has 0 bridgehead atoms. The van der Waals surface area contributed by atoms with Crippen molar-refractivity contribution in [1.29, 1.82) is 5.26 Å². The van der Waals surface area contributed by atoms with Gasteiger partial charge in [0.2, 0.25) is 10.0 Å². The highest BCUT2D eigenvalue weighted by atomic mass is 32.2. The first kappa shape index (κ1) is 25.2. The molecule has 6 nitrogen and oxygen atoms in total. The predicted octanol–water partition coefficient (Wildman–Crippen LogP) is 3.07. The number of nitriles is 1. The van der Waals surface area contributed by atoms with Crippen LogP contribution >= 0.6 is 0 Å². The molecular weight excluding hydrogens is 398 g/mol. The van der Waals surface area contributed by atoms with Gasteiger partial charge in [-0.25, -0.2) is 13.1 Å². The Morgan fingerprint density at radius 1 is 1.23 bits per heavy atom. The zero-order valence-electron chi connectivity index (χ0n) is 17.8. The first-order valence-electron chi connectivity index (χ1n) is 9.51. The van der Waals surface area contributed by atoms with E-state index in [1.807, 2.05) is 13.0 Å². The molecule has 0 saturated carbocycles. The van der Waals surface area contributed by atoms with Crippen LogP contribution in [-0.4, -0.2) is 52.0 Å². The number of allylic oxidation sites excluding steroid dienone is 4. The van der Waals surface area contributed by atoms with Crippen molar-refractivity contribution in [2.45, 2.75) is 13.3 Å². The van der Waals surface area contributed by atoms with E-state index in [1.165, 1.54) is 0 Å². The van der Waals surface area contributed by atoms with E-state index in [-0.39, 0.29) is 18.1 Å². The first-order chi connectivity index (χ1) is 14.1. The number of sulfonamides is 1. The molecule has 0 aromatic heterocycles. The van der Waals surface area contributed by atoms with Crippen molar-refractivity contribution in [2.24, 2.45) is 0 Å². The minimum absolute atomic E-state index is 0.0674. The van der Waals surface area contributed by atoms with E-state index in [0.717, 1.165) is 0 Å². The summed E-state index contributed by atoms with van der Waals surface area (Å²) in [7, 11) is 0.0342. The van der Waals surface area contributed by atoms with Crippen LogP contribution in [-0.2, 0) is 14.8 Å². The number of Topliss-reactive ketones (excluding diaryl/α,β-unsaturated/α-hetero) is 1. The monoisotopic (exact) mass is 427 g/mol. The highest BCUT2D eigenvalue weighted by Gasteiger charge is 2.18. The summed E-state index contributed by atoms with van der Waals surface area (Å²) in [5, 5.41) is 8.95. The molecule has 30 heavy (non-hydrogen) atoms. The number of benzene rings is 1. The van der Waals surface area contributed by atoms with E-state index in [9.17, 15) is 13.2 Å². The molecule has 0 aliphatic carbocycles. The molecule has 0 unspecified atom stereocenters. The van der Waals surface area contributed by atoms with Crippen LogP contribution in [0.15, 0.2) is 66.3 Å². The van der Waals surface area contributed by atoms with Gasteiger partial charge >= 0.3 is 0 Å². The Balaban J connectivity index is 3.24. The third-order valence-electron chi connectivity index (χ3n) is 4.26. The fourth-order valence-corrected chi connectivity index (χ4v) is 3.56. The zero-order chi connectivity index (χ0) is 22.7. The quantitative estimate of drug-likeness (QED) is 0.409. The molecule has 0 heterocycles. The van der Waals surface area contributed by atoms with Crippen molar-refractivity contribution in [3.8, 4) is 6.07 Å². The summed E-state index contributed by atoms with van der Waals surface area (Å²) < 4.78 is 27.1. The lowest BCUT2D eigenvalue weighted by Crippen LogP contribution is -2.34. The van der Waals surface area contributed by atoms with Gasteiger partial charge in [-0.2, -0.15) is 5.26 Å².